The molecule has 0 aromatic carbocycles. The first-order chi connectivity index (χ1) is 9.88. The van der Waals surface area contributed by atoms with Crippen LogP contribution in [0.4, 0.5) is 0 Å². The van der Waals surface area contributed by atoms with E-state index in [1.807, 2.05) is 11.8 Å². The highest BCUT2D eigenvalue weighted by molar-refractivity contribution is 7.99. The molecule has 110 valence electrons. The van der Waals surface area contributed by atoms with Crippen molar-refractivity contribution in [3.8, 4) is 0 Å². The van der Waals surface area contributed by atoms with Crippen molar-refractivity contribution in [3.63, 3.8) is 0 Å². The summed E-state index contributed by atoms with van der Waals surface area (Å²) in [7, 11) is 0. The molecule has 1 aliphatic carbocycles. The van der Waals surface area contributed by atoms with Gasteiger partial charge in [0.2, 0.25) is 0 Å². The van der Waals surface area contributed by atoms with Crippen LogP contribution in [0.2, 0.25) is 0 Å². The van der Waals surface area contributed by atoms with Crippen LogP contribution < -0.4 is 5.32 Å². The number of nitrogens with zero attached hydrogens (tertiary/aromatic N) is 2. The second-order valence-corrected chi connectivity index (χ2v) is 7.64. The molecule has 0 bridgehead atoms. The summed E-state index contributed by atoms with van der Waals surface area (Å²) in [5.41, 5.74) is 1.35. The molecule has 2 aromatic rings. The van der Waals surface area contributed by atoms with Gasteiger partial charge >= 0.3 is 0 Å². The Hall–Kier alpha value is -0.520. The molecule has 0 unspecified atom stereocenters. The molecule has 1 fully saturated rings. The summed E-state index contributed by atoms with van der Waals surface area (Å²) in [5.74, 6) is 0. The summed E-state index contributed by atoms with van der Waals surface area (Å²) in [6, 6.07) is 0. The molecule has 3 rings (SSSR count). The van der Waals surface area contributed by atoms with E-state index in [4.69, 9.17) is 4.98 Å². The van der Waals surface area contributed by atoms with Gasteiger partial charge in [-0.25, -0.2) is 4.98 Å². The lowest BCUT2D eigenvalue weighted by Gasteiger charge is -2.20. The highest BCUT2D eigenvalue weighted by Crippen LogP contribution is 2.35. The number of hydrogen-bond acceptors (Lipinski definition) is 4. The Labute approximate surface area is 129 Å². The summed E-state index contributed by atoms with van der Waals surface area (Å²) in [4.78, 5) is 5.99. The molecule has 20 heavy (non-hydrogen) atoms. The molecular weight excluding hydrogens is 286 g/mol. The fourth-order valence-electron chi connectivity index (χ4n) is 2.79. The smallest absolute Gasteiger partial charge is 0.194 e. The standard InChI is InChI=1S/C15H23N3S2/c1-2-8-16-11-13-14(17-15-18(13)9-10-19-15)20-12-6-4-3-5-7-12/h9-10,12,16H,2-8,11H2,1H3. The van der Waals surface area contributed by atoms with Crippen molar-refractivity contribution in [2.45, 2.75) is 62.3 Å². The topological polar surface area (TPSA) is 29.3 Å². The number of hydrogen-bond donors (Lipinski definition) is 1. The van der Waals surface area contributed by atoms with Gasteiger partial charge in [0.25, 0.3) is 0 Å². The molecule has 5 heteroatoms. The van der Waals surface area contributed by atoms with Gasteiger partial charge in [0.05, 0.1) is 5.69 Å². The molecule has 0 aliphatic heterocycles. The first kappa shape index (κ1) is 14.4. The molecule has 1 aliphatic rings. The Bertz CT molecular complexity index is 540. The zero-order valence-corrected chi connectivity index (χ0v) is 13.7. The molecule has 2 heterocycles. The number of imidazole rings is 1. The maximum Gasteiger partial charge on any atom is 0.194 e. The van der Waals surface area contributed by atoms with E-state index in [1.165, 1.54) is 49.2 Å². The molecule has 0 saturated heterocycles. The van der Waals surface area contributed by atoms with Gasteiger partial charge < -0.3 is 5.32 Å². The van der Waals surface area contributed by atoms with Crippen LogP contribution in [0.3, 0.4) is 0 Å². The molecular formula is C15H23N3S2. The van der Waals surface area contributed by atoms with E-state index in [-0.39, 0.29) is 0 Å². The van der Waals surface area contributed by atoms with Crippen molar-refractivity contribution in [2.75, 3.05) is 6.54 Å². The van der Waals surface area contributed by atoms with E-state index in [9.17, 15) is 0 Å². The second kappa shape index (κ2) is 6.96. The lowest BCUT2D eigenvalue weighted by Crippen LogP contribution is -2.16. The molecule has 0 atom stereocenters. The van der Waals surface area contributed by atoms with E-state index in [0.29, 0.717) is 0 Å². The van der Waals surface area contributed by atoms with E-state index >= 15 is 0 Å². The monoisotopic (exact) mass is 309 g/mol. The predicted octanol–water partition coefficient (Wildman–Crippen LogP) is 4.32. The van der Waals surface area contributed by atoms with Crippen LogP contribution in [-0.4, -0.2) is 21.2 Å². The average molecular weight is 310 g/mol. The van der Waals surface area contributed by atoms with Gasteiger partial charge in [-0.2, -0.15) is 0 Å². The quantitative estimate of drug-likeness (QED) is 0.806. The Morgan fingerprint density at radius 2 is 2.25 bits per heavy atom. The summed E-state index contributed by atoms with van der Waals surface area (Å²) >= 11 is 3.75. The summed E-state index contributed by atoms with van der Waals surface area (Å²) in [5, 5.41) is 7.69. The van der Waals surface area contributed by atoms with Crippen molar-refractivity contribution in [2.24, 2.45) is 0 Å². The SMILES string of the molecule is CCCNCc1c(SC2CCCCC2)nc2sccn12. The number of aromatic nitrogens is 2. The Morgan fingerprint density at radius 1 is 1.40 bits per heavy atom. The average Bonchev–Trinajstić information content (AvgIpc) is 3.03. The highest BCUT2D eigenvalue weighted by Gasteiger charge is 2.20. The third kappa shape index (κ3) is 3.21. The molecule has 0 spiro atoms. The second-order valence-electron chi connectivity index (χ2n) is 5.47. The van der Waals surface area contributed by atoms with Crippen LogP contribution in [-0.2, 0) is 6.54 Å². The van der Waals surface area contributed by atoms with Crippen LogP contribution in [0, 0.1) is 0 Å². The summed E-state index contributed by atoms with van der Waals surface area (Å²) in [6.45, 7) is 4.22. The van der Waals surface area contributed by atoms with E-state index < -0.39 is 0 Å². The minimum atomic E-state index is 0.776. The predicted molar refractivity (Wildman–Crippen MR) is 87.8 cm³/mol. The number of thiazole rings is 1. The summed E-state index contributed by atoms with van der Waals surface area (Å²) < 4.78 is 2.26. The maximum absolute atomic E-state index is 4.85. The minimum absolute atomic E-state index is 0.776. The van der Waals surface area contributed by atoms with Crippen molar-refractivity contribution < 1.29 is 0 Å². The summed E-state index contributed by atoms with van der Waals surface area (Å²) in [6.07, 6.45) is 10.2. The first-order valence-electron chi connectivity index (χ1n) is 7.70. The fraction of sp³-hybridized carbons (Fsp3) is 0.667. The number of rotatable bonds is 6. The van der Waals surface area contributed by atoms with Crippen LogP contribution in [0.25, 0.3) is 4.96 Å². The number of nitrogens with one attached hydrogen (secondary N) is 1. The van der Waals surface area contributed by atoms with Gasteiger partial charge in [0.15, 0.2) is 4.96 Å². The van der Waals surface area contributed by atoms with Crippen LogP contribution in [0.15, 0.2) is 16.6 Å². The Balaban J connectivity index is 1.77. The van der Waals surface area contributed by atoms with Gasteiger partial charge in [-0.3, -0.25) is 4.40 Å². The van der Waals surface area contributed by atoms with Crippen LogP contribution >= 0.6 is 23.1 Å². The molecule has 0 amide bonds. The fourth-order valence-corrected chi connectivity index (χ4v) is 4.91. The zero-order chi connectivity index (χ0) is 13.8. The molecule has 0 radical (unpaired) electrons. The molecule has 1 N–H and O–H groups in total. The maximum atomic E-state index is 4.85. The van der Waals surface area contributed by atoms with E-state index in [0.717, 1.165) is 23.3 Å². The van der Waals surface area contributed by atoms with Crippen LogP contribution in [0.1, 0.15) is 51.1 Å². The number of thioether (sulfide) groups is 1. The van der Waals surface area contributed by atoms with Crippen LogP contribution in [0.5, 0.6) is 0 Å². The highest BCUT2D eigenvalue weighted by atomic mass is 32.2. The lowest BCUT2D eigenvalue weighted by atomic mass is 10.0. The van der Waals surface area contributed by atoms with Gasteiger partial charge in [-0.15, -0.1) is 23.1 Å². The Kier molecular flexibility index (Phi) is 5.02. The van der Waals surface area contributed by atoms with Crippen molar-refractivity contribution in [3.05, 3.63) is 17.3 Å². The van der Waals surface area contributed by atoms with Gasteiger partial charge in [0, 0.05) is 23.4 Å². The Morgan fingerprint density at radius 3 is 3.05 bits per heavy atom. The lowest BCUT2D eigenvalue weighted by molar-refractivity contribution is 0.515. The largest absolute Gasteiger partial charge is 0.311 e. The van der Waals surface area contributed by atoms with Crippen molar-refractivity contribution >= 4 is 28.1 Å². The third-order valence-corrected chi connectivity index (χ3v) is 5.99. The van der Waals surface area contributed by atoms with E-state index in [1.54, 1.807) is 11.3 Å². The molecule has 1 saturated carbocycles. The van der Waals surface area contributed by atoms with E-state index in [2.05, 4.69) is 28.2 Å². The molecule has 3 nitrogen and oxygen atoms in total. The number of fused-ring (bicyclic) bond motifs is 1. The van der Waals surface area contributed by atoms with Gasteiger partial charge in [0.1, 0.15) is 5.03 Å². The minimum Gasteiger partial charge on any atom is -0.311 e. The van der Waals surface area contributed by atoms with Gasteiger partial charge in [-0.1, -0.05) is 26.2 Å². The first-order valence-corrected chi connectivity index (χ1v) is 9.46. The van der Waals surface area contributed by atoms with Crippen molar-refractivity contribution in [1.29, 1.82) is 0 Å². The zero-order valence-electron chi connectivity index (χ0n) is 12.1. The van der Waals surface area contributed by atoms with Crippen molar-refractivity contribution in [1.82, 2.24) is 14.7 Å². The van der Waals surface area contributed by atoms with Gasteiger partial charge in [-0.05, 0) is 25.8 Å². The third-order valence-electron chi connectivity index (χ3n) is 3.87. The molecule has 2 aromatic heterocycles. The normalized spacial score (nSPS) is 17.1.